The largest absolute Gasteiger partial charge is 0.494 e. The van der Waals surface area contributed by atoms with Gasteiger partial charge in [0.15, 0.2) is 5.78 Å². The quantitative estimate of drug-likeness (QED) is 0.541. The fraction of sp³-hybridized carbons (Fsp3) is 0.154. The van der Waals surface area contributed by atoms with Gasteiger partial charge in [0.2, 0.25) is 0 Å². The Hall–Kier alpha value is -0.170. The van der Waals surface area contributed by atoms with E-state index in [0.717, 1.165) is 17.8 Å². The highest BCUT2D eigenvalue weighted by atomic mass is 79.9. The highest BCUT2D eigenvalue weighted by molar-refractivity contribution is 9.12. The Morgan fingerprint density at radius 1 is 1.21 bits per heavy atom. The highest BCUT2D eigenvalue weighted by Gasteiger charge is 2.18. The van der Waals surface area contributed by atoms with Gasteiger partial charge in [0, 0.05) is 15.6 Å². The van der Waals surface area contributed by atoms with Gasteiger partial charge >= 0.3 is 0 Å². The van der Waals surface area contributed by atoms with Crippen molar-refractivity contribution in [1.82, 2.24) is 0 Å². The third-order valence-corrected chi connectivity index (χ3v) is 5.39. The summed E-state index contributed by atoms with van der Waals surface area (Å²) in [7, 11) is 0. The molecule has 0 saturated heterocycles. The molecule has 0 atom stereocenters. The normalized spacial score (nSPS) is 10.5. The summed E-state index contributed by atoms with van der Waals surface area (Å²) in [5.41, 5.74) is 1.27. The van der Waals surface area contributed by atoms with Crippen molar-refractivity contribution in [2.45, 2.75) is 6.92 Å². The van der Waals surface area contributed by atoms with E-state index in [4.69, 9.17) is 4.74 Å². The van der Waals surface area contributed by atoms with Gasteiger partial charge in [-0.2, -0.15) is 0 Å². The van der Waals surface area contributed by atoms with Gasteiger partial charge in [0.1, 0.15) is 5.75 Å². The smallest absolute Gasteiger partial charge is 0.196 e. The molecule has 1 aromatic heterocycles. The first-order valence-electron chi connectivity index (χ1n) is 5.44. The average Bonchev–Trinajstić information content (AvgIpc) is 2.68. The molecule has 2 aromatic rings. The van der Waals surface area contributed by atoms with Gasteiger partial charge < -0.3 is 4.74 Å². The lowest BCUT2D eigenvalue weighted by atomic mass is 10.1. The second-order valence-corrected chi connectivity index (χ2v) is 8.25. The van der Waals surface area contributed by atoms with E-state index in [1.807, 2.05) is 19.1 Å². The van der Waals surface area contributed by atoms with Gasteiger partial charge in [-0.05, 0) is 79.0 Å². The van der Waals surface area contributed by atoms with Crippen LogP contribution in [0.2, 0.25) is 0 Å². The lowest BCUT2D eigenvalue weighted by molar-refractivity contribution is 0.103. The lowest BCUT2D eigenvalue weighted by Gasteiger charge is -2.07. The van der Waals surface area contributed by atoms with E-state index in [1.165, 1.54) is 11.3 Å². The van der Waals surface area contributed by atoms with E-state index in [-0.39, 0.29) is 5.78 Å². The predicted octanol–water partition coefficient (Wildman–Crippen LogP) is 5.67. The minimum absolute atomic E-state index is 0.0243. The minimum Gasteiger partial charge on any atom is -0.494 e. The van der Waals surface area contributed by atoms with E-state index < -0.39 is 0 Å². The summed E-state index contributed by atoms with van der Waals surface area (Å²) >= 11 is 11.7. The van der Waals surface area contributed by atoms with Crippen LogP contribution in [-0.2, 0) is 0 Å². The fourth-order valence-corrected chi connectivity index (χ4v) is 4.91. The van der Waals surface area contributed by atoms with Gasteiger partial charge in [0.25, 0.3) is 0 Å². The van der Waals surface area contributed by atoms with Crippen LogP contribution < -0.4 is 4.74 Å². The van der Waals surface area contributed by atoms with Crippen molar-refractivity contribution in [2.24, 2.45) is 0 Å². The Labute approximate surface area is 140 Å². The van der Waals surface area contributed by atoms with Gasteiger partial charge in [-0.3, -0.25) is 4.79 Å². The molecule has 6 heteroatoms. The Kier molecular flexibility index (Phi) is 5.22. The molecule has 2 nitrogen and oxygen atoms in total. The van der Waals surface area contributed by atoms with E-state index >= 15 is 0 Å². The Bertz CT molecular complexity index is 622. The summed E-state index contributed by atoms with van der Waals surface area (Å²) < 4.78 is 7.88. The highest BCUT2D eigenvalue weighted by Crippen LogP contribution is 2.34. The van der Waals surface area contributed by atoms with Crippen molar-refractivity contribution in [3.05, 3.63) is 47.4 Å². The molecule has 1 heterocycles. The number of ether oxygens (including phenoxy) is 1. The summed E-state index contributed by atoms with van der Waals surface area (Å²) in [6.45, 7) is 2.52. The molecule has 0 fully saturated rings. The fourth-order valence-electron chi connectivity index (χ4n) is 1.58. The van der Waals surface area contributed by atoms with Crippen LogP contribution in [0, 0.1) is 0 Å². The summed E-state index contributed by atoms with van der Waals surface area (Å²) in [5.74, 6) is 0.722. The number of carbonyl (C=O) groups is 1. The van der Waals surface area contributed by atoms with Gasteiger partial charge in [0.05, 0.1) is 14.2 Å². The van der Waals surface area contributed by atoms with Crippen molar-refractivity contribution >= 4 is 64.9 Å². The number of halogens is 3. The molecule has 0 saturated carbocycles. The second kappa shape index (κ2) is 6.52. The summed E-state index contributed by atoms with van der Waals surface area (Å²) in [6, 6.07) is 7.21. The first kappa shape index (κ1) is 15.2. The van der Waals surface area contributed by atoms with Gasteiger partial charge in [-0.15, -0.1) is 11.3 Å². The number of thiophene rings is 1. The lowest BCUT2D eigenvalue weighted by Crippen LogP contribution is -2.02. The Morgan fingerprint density at radius 2 is 1.95 bits per heavy atom. The zero-order valence-corrected chi connectivity index (χ0v) is 15.4. The third kappa shape index (κ3) is 3.48. The van der Waals surface area contributed by atoms with E-state index in [1.54, 1.807) is 12.1 Å². The van der Waals surface area contributed by atoms with E-state index in [0.29, 0.717) is 17.7 Å². The van der Waals surface area contributed by atoms with Gasteiger partial charge in [-0.1, -0.05) is 0 Å². The predicted molar refractivity (Wildman–Crippen MR) is 88.5 cm³/mol. The van der Waals surface area contributed by atoms with E-state index in [9.17, 15) is 4.79 Å². The molecule has 0 bridgehead atoms. The maximum atomic E-state index is 12.5. The molecule has 0 amide bonds. The monoisotopic (exact) mass is 466 g/mol. The second-order valence-electron chi connectivity index (χ2n) is 3.64. The van der Waals surface area contributed by atoms with Crippen LogP contribution >= 0.6 is 59.1 Å². The maximum absolute atomic E-state index is 12.5. The summed E-state index contributed by atoms with van der Waals surface area (Å²) in [5, 5.41) is 0. The maximum Gasteiger partial charge on any atom is 0.196 e. The van der Waals surface area contributed by atoms with Crippen molar-refractivity contribution < 1.29 is 9.53 Å². The summed E-state index contributed by atoms with van der Waals surface area (Å²) in [6.07, 6.45) is 0. The first-order valence-corrected chi connectivity index (χ1v) is 8.64. The molecule has 19 heavy (non-hydrogen) atoms. The van der Waals surface area contributed by atoms with Crippen LogP contribution in [0.3, 0.4) is 0 Å². The number of hydrogen-bond acceptors (Lipinski definition) is 3. The van der Waals surface area contributed by atoms with Gasteiger partial charge in [-0.25, -0.2) is 0 Å². The number of benzene rings is 1. The third-order valence-electron chi connectivity index (χ3n) is 2.40. The minimum atomic E-state index is -0.0243. The Morgan fingerprint density at radius 3 is 2.47 bits per heavy atom. The van der Waals surface area contributed by atoms with Crippen LogP contribution in [0.25, 0.3) is 0 Å². The molecule has 0 N–H and O–H groups in total. The van der Waals surface area contributed by atoms with Crippen LogP contribution in [0.15, 0.2) is 36.3 Å². The van der Waals surface area contributed by atoms with Crippen LogP contribution in [0.5, 0.6) is 5.75 Å². The molecule has 2 rings (SSSR count). The molecule has 0 aliphatic heterocycles. The van der Waals surface area contributed by atoms with Crippen molar-refractivity contribution in [1.29, 1.82) is 0 Å². The molecular formula is C13H9Br3O2S. The van der Waals surface area contributed by atoms with Crippen LogP contribution in [0.4, 0.5) is 0 Å². The van der Waals surface area contributed by atoms with Crippen molar-refractivity contribution in [2.75, 3.05) is 6.61 Å². The van der Waals surface area contributed by atoms with Crippen LogP contribution in [-0.4, -0.2) is 12.4 Å². The molecule has 1 aromatic carbocycles. The van der Waals surface area contributed by atoms with Crippen molar-refractivity contribution in [3.63, 3.8) is 0 Å². The molecule has 0 radical (unpaired) electrons. The van der Waals surface area contributed by atoms with E-state index in [2.05, 4.69) is 47.8 Å². The zero-order valence-electron chi connectivity index (χ0n) is 9.88. The molecule has 0 aliphatic rings. The molecule has 100 valence electrons. The number of carbonyl (C=O) groups excluding carboxylic acids is 1. The molecule has 0 unspecified atom stereocenters. The molecular weight excluding hydrogens is 460 g/mol. The number of ketones is 1. The standard InChI is InChI=1S/C13H9Br3O2S/c1-2-18-7-3-4-8(10(14)5-7)12(17)9-6-11(15)19-13(9)16/h3-6H,2H2,1H3. The number of rotatable bonds is 4. The van der Waals surface area contributed by atoms with Crippen LogP contribution in [0.1, 0.15) is 22.8 Å². The van der Waals surface area contributed by atoms with Crippen molar-refractivity contribution in [3.8, 4) is 5.75 Å². The molecule has 0 spiro atoms. The first-order chi connectivity index (χ1) is 9.02. The summed E-state index contributed by atoms with van der Waals surface area (Å²) in [4.78, 5) is 12.5. The topological polar surface area (TPSA) is 26.3 Å². The zero-order chi connectivity index (χ0) is 14.0. The number of hydrogen-bond donors (Lipinski definition) is 0. The SMILES string of the molecule is CCOc1ccc(C(=O)c2cc(Br)sc2Br)c(Br)c1. The Balaban J connectivity index is 2.36. The average molecular weight is 469 g/mol. The molecule has 0 aliphatic carbocycles.